The van der Waals surface area contributed by atoms with Crippen LogP contribution in [-0.4, -0.2) is 28.4 Å². The van der Waals surface area contributed by atoms with Crippen LogP contribution in [0.25, 0.3) is 11.5 Å². The molecule has 0 aliphatic heterocycles. The van der Waals surface area contributed by atoms with E-state index in [1.165, 1.54) is 0 Å². The van der Waals surface area contributed by atoms with Gasteiger partial charge in [-0.1, -0.05) is 10.3 Å². The Hall–Kier alpha value is -1.69. The smallest absolute Gasteiger partial charge is 0.263 e. The Morgan fingerprint density at radius 1 is 1.24 bits per heavy atom. The van der Waals surface area contributed by atoms with Crippen LogP contribution in [0, 0.1) is 13.8 Å². The molecular weight excluding hydrogens is 220 g/mol. The molecule has 2 aromatic heterocycles. The van der Waals surface area contributed by atoms with Gasteiger partial charge in [0.2, 0.25) is 0 Å². The monoisotopic (exact) mass is 236 g/mol. The van der Waals surface area contributed by atoms with E-state index in [9.17, 15) is 0 Å². The zero-order chi connectivity index (χ0) is 12.4. The molecule has 92 valence electrons. The van der Waals surface area contributed by atoms with Crippen molar-refractivity contribution in [2.75, 3.05) is 7.05 Å². The van der Waals surface area contributed by atoms with E-state index in [-0.39, 0.29) is 0 Å². The van der Waals surface area contributed by atoms with Crippen molar-refractivity contribution in [2.45, 2.75) is 33.2 Å². The maximum absolute atomic E-state index is 5.23. The van der Waals surface area contributed by atoms with Gasteiger partial charge in [-0.05, 0) is 27.8 Å². The lowest BCUT2D eigenvalue weighted by Crippen LogP contribution is -2.24. The second kappa shape index (κ2) is 4.67. The summed E-state index contributed by atoms with van der Waals surface area (Å²) in [6, 6.07) is 0.310. The fourth-order valence-corrected chi connectivity index (χ4v) is 1.60. The molecule has 2 heterocycles. The molecule has 17 heavy (non-hydrogen) atoms. The molecule has 0 aliphatic carbocycles. The molecule has 0 bridgehead atoms. The average Bonchev–Trinajstić information content (AvgIpc) is 2.86. The second-order valence-corrected chi connectivity index (χ2v) is 4.11. The van der Waals surface area contributed by atoms with Crippen LogP contribution in [0.4, 0.5) is 0 Å². The molecule has 0 aromatic carbocycles. The summed E-state index contributed by atoms with van der Waals surface area (Å²) in [5.41, 5.74) is 1.56. The van der Waals surface area contributed by atoms with Crippen LogP contribution in [0.2, 0.25) is 0 Å². The topological polar surface area (TPSA) is 77.0 Å². The third-order valence-electron chi connectivity index (χ3n) is 2.70. The number of likely N-dealkylation sites (N-methyl/N-ethyl adjacent to an activating group) is 1. The quantitative estimate of drug-likeness (QED) is 0.866. The molecule has 6 heteroatoms. The Balaban J connectivity index is 2.24. The minimum absolute atomic E-state index is 0.310. The highest BCUT2D eigenvalue weighted by Gasteiger charge is 2.18. The summed E-state index contributed by atoms with van der Waals surface area (Å²) in [6.45, 7) is 5.74. The van der Waals surface area contributed by atoms with Crippen molar-refractivity contribution in [1.29, 1.82) is 0 Å². The van der Waals surface area contributed by atoms with E-state index in [1.807, 2.05) is 20.9 Å². The van der Waals surface area contributed by atoms with Crippen LogP contribution >= 0.6 is 0 Å². The first-order valence-electron chi connectivity index (χ1n) is 5.55. The summed E-state index contributed by atoms with van der Waals surface area (Å²) in [5, 5.41) is 10.9. The minimum Gasteiger partial charge on any atom is -0.361 e. The number of hydrogen-bond acceptors (Lipinski definition) is 6. The summed E-state index contributed by atoms with van der Waals surface area (Å²) in [7, 11) is 1.90. The highest BCUT2D eigenvalue weighted by molar-refractivity contribution is 5.57. The number of nitrogens with zero attached hydrogens (tertiary/aromatic N) is 3. The van der Waals surface area contributed by atoms with Crippen molar-refractivity contribution in [2.24, 2.45) is 0 Å². The molecular formula is C11H16N4O2. The van der Waals surface area contributed by atoms with Crippen molar-refractivity contribution in [1.82, 2.24) is 20.6 Å². The molecule has 6 nitrogen and oxygen atoms in total. The van der Waals surface area contributed by atoms with Gasteiger partial charge in [0.15, 0.2) is 5.82 Å². The first kappa shape index (κ1) is 11.8. The SMILES string of the molecule is CNC(C)Cc1noc(-c2c(C)noc2C)n1. The summed E-state index contributed by atoms with van der Waals surface area (Å²) in [6.07, 6.45) is 0.726. The molecule has 0 saturated heterocycles. The van der Waals surface area contributed by atoms with Crippen molar-refractivity contribution in [3.63, 3.8) is 0 Å². The molecule has 0 aliphatic rings. The third kappa shape index (κ3) is 2.36. The van der Waals surface area contributed by atoms with Crippen LogP contribution < -0.4 is 5.32 Å². The van der Waals surface area contributed by atoms with Crippen LogP contribution in [-0.2, 0) is 6.42 Å². The van der Waals surface area contributed by atoms with E-state index in [1.54, 1.807) is 0 Å². The lowest BCUT2D eigenvalue weighted by atomic mass is 10.2. The van der Waals surface area contributed by atoms with Crippen LogP contribution in [0.15, 0.2) is 9.05 Å². The van der Waals surface area contributed by atoms with Gasteiger partial charge in [-0.25, -0.2) is 0 Å². The van der Waals surface area contributed by atoms with Crippen LogP contribution in [0.1, 0.15) is 24.2 Å². The van der Waals surface area contributed by atoms with Gasteiger partial charge in [0, 0.05) is 12.5 Å². The second-order valence-electron chi connectivity index (χ2n) is 4.11. The van der Waals surface area contributed by atoms with Gasteiger partial charge in [0.05, 0.1) is 5.69 Å². The lowest BCUT2D eigenvalue weighted by Gasteiger charge is -2.04. The number of hydrogen-bond donors (Lipinski definition) is 1. The average molecular weight is 236 g/mol. The Morgan fingerprint density at radius 2 is 2.00 bits per heavy atom. The minimum atomic E-state index is 0.310. The summed E-state index contributed by atoms with van der Waals surface area (Å²) in [5.74, 6) is 1.85. The number of rotatable bonds is 4. The maximum atomic E-state index is 5.23. The highest BCUT2D eigenvalue weighted by Crippen LogP contribution is 2.24. The number of aryl methyl sites for hydroxylation is 2. The standard InChI is InChI=1S/C11H16N4O2/c1-6(12-4)5-9-13-11(17-15-9)10-7(2)14-16-8(10)3/h6,12H,5H2,1-4H3. The fourth-order valence-electron chi connectivity index (χ4n) is 1.60. The molecule has 0 saturated carbocycles. The molecule has 0 fully saturated rings. The summed E-state index contributed by atoms with van der Waals surface area (Å²) >= 11 is 0. The fraction of sp³-hybridized carbons (Fsp3) is 0.545. The van der Waals surface area contributed by atoms with E-state index in [4.69, 9.17) is 9.05 Å². The predicted octanol–water partition coefficient (Wildman–Crippen LogP) is 1.49. The van der Waals surface area contributed by atoms with E-state index < -0.39 is 0 Å². The Kier molecular flexibility index (Phi) is 3.23. The van der Waals surface area contributed by atoms with Gasteiger partial charge >= 0.3 is 0 Å². The summed E-state index contributed by atoms with van der Waals surface area (Å²) < 4.78 is 10.3. The van der Waals surface area contributed by atoms with E-state index >= 15 is 0 Å². The Bertz CT molecular complexity index is 484. The Morgan fingerprint density at radius 3 is 2.59 bits per heavy atom. The predicted molar refractivity (Wildman–Crippen MR) is 61.5 cm³/mol. The van der Waals surface area contributed by atoms with Crippen LogP contribution in [0.3, 0.4) is 0 Å². The maximum Gasteiger partial charge on any atom is 0.263 e. The van der Waals surface area contributed by atoms with Gasteiger partial charge in [-0.15, -0.1) is 0 Å². The van der Waals surface area contributed by atoms with Crippen molar-refractivity contribution < 1.29 is 9.05 Å². The zero-order valence-electron chi connectivity index (χ0n) is 10.4. The van der Waals surface area contributed by atoms with Crippen molar-refractivity contribution >= 4 is 0 Å². The molecule has 0 spiro atoms. The lowest BCUT2D eigenvalue weighted by molar-refractivity contribution is 0.391. The van der Waals surface area contributed by atoms with Gasteiger partial charge in [0.1, 0.15) is 11.3 Å². The van der Waals surface area contributed by atoms with Gasteiger partial charge in [-0.3, -0.25) is 0 Å². The van der Waals surface area contributed by atoms with Gasteiger partial charge < -0.3 is 14.4 Å². The molecule has 0 radical (unpaired) electrons. The van der Waals surface area contributed by atoms with Gasteiger partial charge in [-0.2, -0.15) is 4.98 Å². The van der Waals surface area contributed by atoms with E-state index in [0.717, 1.165) is 17.7 Å². The highest BCUT2D eigenvalue weighted by atomic mass is 16.5. The normalized spacial score (nSPS) is 12.9. The van der Waals surface area contributed by atoms with Crippen molar-refractivity contribution in [3.05, 3.63) is 17.3 Å². The molecule has 1 unspecified atom stereocenters. The summed E-state index contributed by atoms with van der Waals surface area (Å²) in [4.78, 5) is 4.34. The molecule has 2 rings (SSSR count). The first-order chi connectivity index (χ1) is 8.11. The van der Waals surface area contributed by atoms with Crippen LogP contribution in [0.5, 0.6) is 0 Å². The van der Waals surface area contributed by atoms with E-state index in [2.05, 4.69) is 27.5 Å². The third-order valence-corrected chi connectivity index (χ3v) is 2.70. The zero-order valence-corrected chi connectivity index (χ0v) is 10.4. The number of nitrogens with one attached hydrogen (secondary N) is 1. The molecule has 1 atom stereocenters. The molecule has 1 N–H and O–H groups in total. The van der Waals surface area contributed by atoms with Gasteiger partial charge in [0.25, 0.3) is 5.89 Å². The largest absolute Gasteiger partial charge is 0.361 e. The molecule has 0 amide bonds. The first-order valence-corrected chi connectivity index (χ1v) is 5.55. The van der Waals surface area contributed by atoms with E-state index in [0.29, 0.717) is 23.5 Å². The molecule has 2 aromatic rings. The Labute approximate surface area is 99.4 Å². The van der Waals surface area contributed by atoms with Crippen molar-refractivity contribution in [3.8, 4) is 11.5 Å². The number of aromatic nitrogens is 3.